The molecule has 1 aliphatic heterocycles. The summed E-state index contributed by atoms with van der Waals surface area (Å²) in [6.07, 6.45) is 6.15. The molecule has 0 atom stereocenters. The lowest BCUT2D eigenvalue weighted by atomic mass is 10.4. The van der Waals surface area contributed by atoms with Crippen molar-refractivity contribution < 1.29 is 0 Å². The molecule has 1 saturated heterocycles. The van der Waals surface area contributed by atoms with Gasteiger partial charge in [-0.15, -0.1) is 0 Å². The number of hydrogen-bond donors (Lipinski definition) is 0. The molecule has 2 heteroatoms. The van der Waals surface area contributed by atoms with Crippen molar-refractivity contribution in [3.8, 4) is 0 Å². The van der Waals surface area contributed by atoms with Gasteiger partial charge in [-0.3, -0.25) is 9.89 Å². The molecular weight excluding hydrogens is 124 g/mol. The van der Waals surface area contributed by atoms with Crippen molar-refractivity contribution in [1.82, 2.24) is 4.90 Å². The van der Waals surface area contributed by atoms with Crippen LogP contribution in [0.4, 0.5) is 0 Å². The van der Waals surface area contributed by atoms with Crippen molar-refractivity contribution in [3.05, 3.63) is 12.7 Å². The van der Waals surface area contributed by atoms with Crippen LogP contribution in [0.15, 0.2) is 17.6 Å². The van der Waals surface area contributed by atoms with Gasteiger partial charge in [0.2, 0.25) is 0 Å². The van der Waals surface area contributed by atoms with Crippen LogP contribution in [0.5, 0.6) is 0 Å². The van der Waals surface area contributed by atoms with E-state index in [1.165, 1.54) is 25.9 Å². The minimum Gasteiger partial charge on any atom is -0.284 e. The lowest BCUT2D eigenvalue weighted by Gasteiger charge is -2.09. The summed E-state index contributed by atoms with van der Waals surface area (Å²) in [5, 5.41) is 0. The molecular formula is C8H14N2. The first-order valence-corrected chi connectivity index (χ1v) is 3.76. The van der Waals surface area contributed by atoms with Gasteiger partial charge in [-0.2, -0.15) is 0 Å². The molecule has 1 fully saturated rings. The Hall–Kier alpha value is -0.630. The van der Waals surface area contributed by atoms with Crippen molar-refractivity contribution >= 4 is 6.21 Å². The van der Waals surface area contributed by atoms with Crippen molar-refractivity contribution in [2.45, 2.75) is 12.8 Å². The van der Waals surface area contributed by atoms with Gasteiger partial charge in [0, 0.05) is 6.21 Å². The molecule has 0 aromatic carbocycles. The first kappa shape index (κ1) is 7.48. The van der Waals surface area contributed by atoms with Gasteiger partial charge in [-0.1, -0.05) is 12.7 Å². The van der Waals surface area contributed by atoms with Gasteiger partial charge in [0.25, 0.3) is 0 Å². The predicted octanol–water partition coefficient (Wildman–Crippen LogP) is 1.30. The highest BCUT2D eigenvalue weighted by Gasteiger charge is 2.08. The first-order valence-electron chi connectivity index (χ1n) is 3.76. The molecule has 0 N–H and O–H groups in total. The van der Waals surface area contributed by atoms with Crippen molar-refractivity contribution in [2.24, 2.45) is 4.99 Å². The van der Waals surface area contributed by atoms with Crippen molar-refractivity contribution in [2.75, 3.05) is 19.8 Å². The third kappa shape index (κ3) is 2.31. The average molecular weight is 138 g/mol. The zero-order valence-electron chi connectivity index (χ0n) is 6.29. The van der Waals surface area contributed by atoms with Crippen molar-refractivity contribution in [1.29, 1.82) is 0 Å². The van der Waals surface area contributed by atoms with E-state index in [9.17, 15) is 0 Å². The second-order valence-electron chi connectivity index (χ2n) is 2.53. The van der Waals surface area contributed by atoms with Crippen LogP contribution in [0.3, 0.4) is 0 Å². The SMILES string of the molecule is C=C/C=N\CN1CCCC1. The maximum absolute atomic E-state index is 4.15. The fourth-order valence-electron chi connectivity index (χ4n) is 1.16. The van der Waals surface area contributed by atoms with Crippen LogP contribution in [-0.4, -0.2) is 30.9 Å². The van der Waals surface area contributed by atoms with Gasteiger partial charge < -0.3 is 0 Å². The highest BCUT2D eigenvalue weighted by molar-refractivity contribution is 5.69. The van der Waals surface area contributed by atoms with E-state index in [1.54, 1.807) is 12.3 Å². The van der Waals surface area contributed by atoms with E-state index in [4.69, 9.17) is 0 Å². The molecule has 0 amide bonds. The summed E-state index contributed by atoms with van der Waals surface area (Å²) in [6.45, 7) is 6.84. The van der Waals surface area contributed by atoms with Crippen LogP contribution in [0.25, 0.3) is 0 Å². The normalized spacial score (nSPS) is 20.4. The second-order valence-corrected chi connectivity index (χ2v) is 2.53. The monoisotopic (exact) mass is 138 g/mol. The fourth-order valence-corrected chi connectivity index (χ4v) is 1.16. The maximum Gasteiger partial charge on any atom is 0.0909 e. The fraction of sp³-hybridized carbons (Fsp3) is 0.625. The topological polar surface area (TPSA) is 15.6 Å². The molecule has 10 heavy (non-hydrogen) atoms. The van der Waals surface area contributed by atoms with E-state index in [2.05, 4.69) is 16.5 Å². The quantitative estimate of drug-likeness (QED) is 0.537. The van der Waals surface area contributed by atoms with E-state index in [-0.39, 0.29) is 0 Å². The summed E-state index contributed by atoms with van der Waals surface area (Å²) in [5.74, 6) is 0. The van der Waals surface area contributed by atoms with Gasteiger partial charge in [-0.25, -0.2) is 0 Å². The zero-order valence-corrected chi connectivity index (χ0v) is 6.29. The lowest BCUT2D eigenvalue weighted by Crippen LogP contribution is -2.18. The van der Waals surface area contributed by atoms with Crippen LogP contribution < -0.4 is 0 Å². The van der Waals surface area contributed by atoms with E-state index in [1.807, 2.05) is 0 Å². The van der Waals surface area contributed by atoms with Gasteiger partial charge >= 0.3 is 0 Å². The van der Waals surface area contributed by atoms with E-state index in [0.29, 0.717) is 0 Å². The van der Waals surface area contributed by atoms with E-state index < -0.39 is 0 Å². The molecule has 0 spiro atoms. The summed E-state index contributed by atoms with van der Waals surface area (Å²) >= 11 is 0. The van der Waals surface area contributed by atoms with Crippen molar-refractivity contribution in [3.63, 3.8) is 0 Å². The number of allylic oxidation sites excluding steroid dienone is 1. The molecule has 0 aliphatic carbocycles. The number of hydrogen-bond acceptors (Lipinski definition) is 2. The van der Waals surface area contributed by atoms with Crippen LogP contribution >= 0.6 is 0 Å². The molecule has 1 heterocycles. The van der Waals surface area contributed by atoms with Gasteiger partial charge in [0.05, 0.1) is 6.67 Å². The van der Waals surface area contributed by atoms with Crippen LogP contribution in [-0.2, 0) is 0 Å². The maximum atomic E-state index is 4.15. The third-order valence-electron chi connectivity index (χ3n) is 1.69. The summed E-state index contributed by atoms with van der Waals surface area (Å²) in [5.41, 5.74) is 0. The summed E-state index contributed by atoms with van der Waals surface area (Å²) in [7, 11) is 0. The van der Waals surface area contributed by atoms with Crippen LogP contribution in [0, 0.1) is 0 Å². The Labute approximate surface area is 62.3 Å². The van der Waals surface area contributed by atoms with E-state index >= 15 is 0 Å². The molecule has 0 unspecified atom stereocenters. The number of nitrogens with zero attached hydrogens (tertiary/aromatic N) is 2. The van der Waals surface area contributed by atoms with Crippen LogP contribution in [0.1, 0.15) is 12.8 Å². The first-order chi connectivity index (χ1) is 4.93. The minimum absolute atomic E-state index is 0.853. The number of likely N-dealkylation sites (tertiary alicyclic amines) is 1. The standard InChI is InChI=1S/C8H14N2/c1-2-5-9-8-10-6-3-4-7-10/h2,5H,1,3-4,6-8H2/b9-5-. The average Bonchev–Trinajstić information content (AvgIpc) is 2.41. The van der Waals surface area contributed by atoms with E-state index in [0.717, 1.165) is 6.67 Å². The Kier molecular flexibility index (Phi) is 3.16. The molecule has 0 aromatic rings. The third-order valence-corrected chi connectivity index (χ3v) is 1.69. The minimum atomic E-state index is 0.853. The molecule has 2 nitrogen and oxygen atoms in total. The number of aliphatic imine (C=N–C) groups is 1. The summed E-state index contributed by atoms with van der Waals surface area (Å²) in [6, 6.07) is 0. The predicted molar refractivity (Wildman–Crippen MR) is 44.4 cm³/mol. The zero-order chi connectivity index (χ0) is 7.23. The Morgan fingerprint density at radius 3 is 2.70 bits per heavy atom. The van der Waals surface area contributed by atoms with Crippen LogP contribution in [0.2, 0.25) is 0 Å². The Balaban J connectivity index is 2.12. The highest BCUT2D eigenvalue weighted by atomic mass is 15.2. The van der Waals surface area contributed by atoms with Gasteiger partial charge in [0.1, 0.15) is 0 Å². The molecule has 0 bridgehead atoms. The van der Waals surface area contributed by atoms with Gasteiger partial charge in [-0.05, 0) is 25.9 Å². The second kappa shape index (κ2) is 4.23. The molecule has 0 radical (unpaired) electrons. The summed E-state index contributed by atoms with van der Waals surface area (Å²) < 4.78 is 0. The number of rotatable bonds is 3. The molecule has 0 saturated carbocycles. The largest absolute Gasteiger partial charge is 0.284 e. The molecule has 56 valence electrons. The summed E-state index contributed by atoms with van der Waals surface area (Å²) in [4.78, 5) is 6.50. The van der Waals surface area contributed by atoms with Gasteiger partial charge in [0.15, 0.2) is 0 Å². The Morgan fingerprint density at radius 1 is 1.40 bits per heavy atom. The molecule has 0 aromatic heterocycles. The Bertz CT molecular complexity index is 123. The Morgan fingerprint density at radius 2 is 2.10 bits per heavy atom. The molecule has 1 rings (SSSR count). The smallest absolute Gasteiger partial charge is 0.0909 e. The molecule has 1 aliphatic rings. The highest BCUT2D eigenvalue weighted by Crippen LogP contribution is 2.05. The lowest BCUT2D eigenvalue weighted by molar-refractivity contribution is 0.352.